The lowest BCUT2D eigenvalue weighted by molar-refractivity contribution is -0.137. The summed E-state index contributed by atoms with van der Waals surface area (Å²) < 4.78 is 25.8. The van der Waals surface area contributed by atoms with E-state index in [1.807, 2.05) is 0 Å². The van der Waals surface area contributed by atoms with Crippen LogP contribution >= 0.6 is 0 Å². The molecule has 8 heteroatoms. The van der Waals surface area contributed by atoms with E-state index in [0.29, 0.717) is 38.3 Å². The normalized spacial score (nSPS) is 18.5. The van der Waals surface area contributed by atoms with Crippen LogP contribution in [0.3, 0.4) is 0 Å². The Balaban J connectivity index is 1.91. The van der Waals surface area contributed by atoms with Crippen LogP contribution in [0.2, 0.25) is 0 Å². The molecule has 0 amide bonds. The van der Waals surface area contributed by atoms with Gasteiger partial charge in [-0.3, -0.25) is 9.89 Å². The Bertz CT molecular complexity index is 518. The number of hydrogen-bond acceptors (Lipinski definition) is 4. The van der Waals surface area contributed by atoms with Gasteiger partial charge >= 0.3 is 5.97 Å². The molecular formula is C11H17N3O4S. The average Bonchev–Trinajstić information content (AvgIpc) is 2.91. The van der Waals surface area contributed by atoms with Crippen LogP contribution < -0.4 is 0 Å². The second kappa shape index (κ2) is 5.70. The molecule has 0 atom stereocenters. The molecule has 1 aliphatic rings. The van der Waals surface area contributed by atoms with E-state index in [-0.39, 0.29) is 11.3 Å². The summed E-state index contributed by atoms with van der Waals surface area (Å²) in [5, 5.41) is 14.8. The van der Waals surface area contributed by atoms with Gasteiger partial charge in [0, 0.05) is 25.7 Å². The lowest BCUT2D eigenvalue weighted by Gasteiger charge is -2.30. The number of carbonyl (C=O) groups is 1. The molecule has 0 bridgehead atoms. The molecule has 1 fully saturated rings. The number of H-pyrrole nitrogens is 1. The molecule has 0 radical (unpaired) electrons. The highest BCUT2D eigenvalue weighted by molar-refractivity contribution is 7.89. The third-order valence-corrected chi connectivity index (χ3v) is 5.31. The van der Waals surface area contributed by atoms with Crippen molar-refractivity contribution in [3.8, 4) is 0 Å². The molecule has 1 aromatic rings. The summed E-state index contributed by atoms with van der Waals surface area (Å²) in [6.45, 7) is 0.885. The van der Waals surface area contributed by atoms with Crippen molar-refractivity contribution in [1.29, 1.82) is 0 Å². The van der Waals surface area contributed by atoms with E-state index < -0.39 is 16.0 Å². The Kier molecular flexibility index (Phi) is 4.20. The highest BCUT2D eigenvalue weighted by atomic mass is 32.2. The maximum Gasteiger partial charge on any atom is 0.303 e. The van der Waals surface area contributed by atoms with Gasteiger partial charge in [0.25, 0.3) is 0 Å². The van der Waals surface area contributed by atoms with Gasteiger partial charge in [-0.25, -0.2) is 8.42 Å². The molecule has 0 saturated carbocycles. The summed E-state index contributed by atoms with van der Waals surface area (Å²) in [5.41, 5.74) is 0. The summed E-state index contributed by atoms with van der Waals surface area (Å²) in [4.78, 5) is 10.7. The maximum absolute atomic E-state index is 12.2. The molecule has 1 saturated heterocycles. The van der Waals surface area contributed by atoms with Crippen molar-refractivity contribution >= 4 is 16.0 Å². The molecule has 2 rings (SSSR count). The average molecular weight is 287 g/mol. The monoisotopic (exact) mass is 287 g/mol. The molecule has 2 heterocycles. The molecule has 0 aliphatic carbocycles. The van der Waals surface area contributed by atoms with Crippen molar-refractivity contribution in [2.24, 2.45) is 5.92 Å². The van der Waals surface area contributed by atoms with E-state index in [9.17, 15) is 13.2 Å². The molecule has 106 valence electrons. The Labute approximate surface area is 111 Å². The van der Waals surface area contributed by atoms with E-state index in [4.69, 9.17) is 5.11 Å². The standard InChI is InChI=1S/C11H17N3O4S/c15-11(16)2-1-9-3-5-14(6-4-9)19(17,18)10-7-12-13-8-10/h7-9H,1-6H2,(H,12,13)(H,15,16). The number of hydrogen-bond donors (Lipinski definition) is 2. The second-order valence-electron chi connectivity index (χ2n) is 4.71. The summed E-state index contributed by atoms with van der Waals surface area (Å²) in [6.07, 6.45) is 4.86. The Morgan fingerprint density at radius 2 is 2.16 bits per heavy atom. The fourth-order valence-electron chi connectivity index (χ4n) is 2.30. The van der Waals surface area contributed by atoms with Gasteiger partial charge in [-0.2, -0.15) is 9.40 Å². The second-order valence-corrected chi connectivity index (χ2v) is 6.65. The quantitative estimate of drug-likeness (QED) is 0.828. The van der Waals surface area contributed by atoms with Crippen LogP contribution in [0.5, 0.6) is 0 Å². The van der Waals surface area contributed by atoms with Gasteiger partial charge < -0.3 is 5.11 Å². The van der Waals surface area contributed by atoms with Crippen LogP contribution in [-0.2, 0) is 14.8 Å². The SMILES string of the molecule is O=C(O)CCC1CCN(S(=O)(=O)c2cn[nH]c2)CC1. The van der Waals surface area contributed by atoms with Crippen molar-refractivity contribution in [1.82, 2.24) is 14.5 Å². The summed E-state index contributed by atoms with van der Waals surface area (Å²) >= 11 is 0. The van der Waals surface area contributed by atoms with E-state index in [1.54, 1.807) is 0 Å². The molecule has 1 aromatic heterocycles. The van der Waals surface area contributed by atoms with Crippen molar-refractivity contribution in [2.45, 2.75) is 30.6 Å². The fourth-order valence-corrected chi connectivity index (χ4v) is 3.67. The number of aliphatic carboxylic acids is 1. The lowest BCUT2D eigenvalue weighted by Crippen LogP contribution is -2.38. The number of nitrogens with one attached hydrogen (secondary N) is 1. The number of carboxylic acid groups (broad SMARTS) is 1. The Hall–Kier alpha value is -1.41. The minimum atomic E-state index is -3.45. The number of carboxylic acids is 1. The summed E-state index contributed by atoms with van der Waals surface area (Å²) in [6, 6.07) is 0. The largest absolute Gasteiger partial charge is 0.481 e. The minimum Gasteiger partial charge on any atom is -0.481 e. The number of rotatable bonds is 5. The maximum atomic E-state index is 12.2. The van der Waals surface area contributed by atoms with Gasteiger partial charge in [0.1, 0.15) is 4.90 Å². The minimum absolute atomic E-state index is 0.152. The Morgan fingerprint density at radius 3 is 2.68 bits per heavy atom. The van der Waals surface area contributed by atoms with E-state index in [0.717, 1.165) is 0 Å². The first-order chi connectivity index (χ1) is 9.00. The first-order valence-electron chi connectivity index (χ1n) is 6.21. The summed E-state index contributed by atoms with van der Waals surface area (Å²) in [5.74, 6) is -0.500. The van der Waals surface area contributed by atoms with Crippen molar-refractivity contribution in [3.05, 3.63) is 12.4 Å². The van der Waals surface area contributed by atoms with Gasteiger partial charge in [-0.1, -0.05) is 0 Å². The molecule has 2 N–H and O–H groups in total. The molecule has 19 heavy (non-hydrogen) atoms. The van der Waals surface area contributed by atoms with E-state index in [2.05, 4.69) is 10.2 Å². The molecular weight excluding hydrogens is 270 g/mol. The molecule has 0 unspecified atom stereocenters. The first-order valence-corrected chi connectivity index (χ1v) is 7.65. The topological polar surface area (TPSA) is 103 Å². The zero-order valence-electron chi connectivity index (χ0n) is 10.4. The van der Waals surface area contributed by atoms with Gasteiger partial charge in [0.05, 0.1) is 6.20 Å². The van der Waals surface area contributed by atoms with E-state index in [1.165, 1.54) is 16.7 Å². The van der Waals surface area contributed by atoms with Gasteiger partial charge in [0.2, 0.25) is 10.0 Å². The van der Waals surface area contributed by atoms with Crippen molar-refractivity contribution in [2.75, 3.05) is 13.1 Å². The van der Waals surface area contributed by atoms with Crippen LogP contribution in [0.4, 0.5) is 0 Å². The van der Waals surface area contributed by atoms with Crippen LogP contribution in [0.15, 0.2) is 17.3 Å². The molecule has 0 spiro atoms. The van der Waals surface area contributed by atoms with Crippen molar-refractivity contribution in [3.63, 3.8) is 0 Å². The van der Waals surface area contributed by atoms with Gasteiger partial charge in [-0.15, -0.1) is 0 Å². The predicted octanol–water partition coefficient (Wildman–Crippen LogP) is 0.675. The number of sulfonamides is 1. The summed E-state index contributed by atoms with van der Waals surface area (Å²) in [7, 11) is -3.45. The third kappa shape index (κ3) is 3.32. The lowest BCUT2D eigenvalue weighted by atomic mass is 9.93. The molecule has 1 aliphatic heterocycles. The van der Waals surface area contributed by atoms with Crippen LogP contribution in [0.1, 0.15) is 25.7 Å². The fraction of sp³-hybridized carbons (Fsp3) is 0.636. The Morgan fingerprint density at radius 1 is 1.47 bits per heavy atom. The van der Waals surface area contributed by atoms with Gasteiger partial charge in [-0.05, 0) is 25.2 Å². The number of nitrogens with zero attached hydrogens (tertiary/aromatic N) is 2. The zero-order chi connectivity index (χ0) is 13.9. The number of aromatic nitrogens is 2. The molecule has 7 nitrogen and oxygen atoms in total. The highest BCUT2D eigenvalue weighted by Gasteiger charge is 2.29. The molecule has 0 aromatic carbocycles. The zero-order valence-corrected chi connectivity index (χ0v) is 11.3. The third-order valence-electron chi connectivity index (χ3n) is 3.45. The smallest absolute Gasteiger partial charge is 0.303 e. The van der Waals surface area contributed by atoms with Crippen LogP contribution in [0, 0.1) is 5.92 Å². The predicted molar refractivity (Wildman–Crippen MR) is 66.9 cm³/mol. The van der Waals surface area contributed by atoms with Crippen molar-refractivity contribution < 1.29 is 18.3 Å². The van der Waals surface area contributed by atoms with Gasteiger partial charge in [0.15, 0.2) is 0 Å². The van der Waals surface area contributed by atoms with E-state index >= 15 is 0 Å². The number of piperidine rings is 1. The first kappa shape index (κ1) is 14.0. The number of aromatic amines is 1. The van der Waals surface area contributed by atoms with Crippen LogP contribution in [-0.4, -0.2) is 47.1 Å². The highest BCUT2D eigenvalue weighted by Crippen LogP contribution is 2.25. The van der Waals surface area contributed by atoms with Crippen LogP contribution in [0.25, 0.3) is 0 Å².